The van der Waals surface area contributed by atoms with E-state index in [1.165, 1.54) is 22.9 Å². The Hall–Kier alpha value is -3.33. The van der Waals surface area contributed by atoms with E-state index in [1.807, 2.05) is 35.4 Å². The second-order valence-corrected chi connectivity index (χ2v) is 9.07. The molecule has 4 rings (SSSR count). The molecule has 0 saturated heterocycles. The summed E-state index contributed by atoms with van der Waals surface area (Å²) in [5.41, 5.74) is 3.08. The molecular weight excluding hydrogens is 450 g/mol. The Kier molecular flexibility index (Phi) is 7.52. The van der Waals surface area contributed by atoms with Crippen LogP contribution in [0.15, 0.2) is 53.7 Å². The van der Waals surface area contributed by atoms with Gasteiger partial charge in [0.15, 0.2) is 11.0 Å². The minimum absolute atomic E-state index is 0.0903. The first-order valence-electron chi connectivity index (χ1n) is 11.4. The second kappa shape index (κ2) is 10.7. The smallest absolute Gasteiger partial charge is 0.251 e. The Labute approximate surface area is 203 Å². The number of benzene rings is 2. The molecule has 1 aliphatic heterocycles. The maximum atomic E-state index is 12.9. The first-order valence-corrected chi connectivity index (χ1v) is 12.3. The summed E-state index contributed by atoms with van der Waals surface area (Å²) in [6.07, 6.45) is 0.882. The molecule has 0 unspecified atom stereocenters. The first-order chi connectivity index (χ1) is 16.5. The molecule has 1 aliphatic rings. The van der Waals surface area contributed by atoms with Gasteiger partial charge in [0.25, 0.3) is 5.91 Å². The summed E-state index contributed by atoms with van der Waals surface area (Å²) in [6.45, 7) is 5.89. The number of methoxy groups -OCH3 is 1. The SMILES string of the molecule is CCn1c(SCC(=O)N2CCc3ccccc3C2)nnc1[C@@H](C)NC(=O)c1ccc(OC)cc1. The molecule has 2 amide bonds. The van der Waals surface area contributed by atoms with E-state index in [0.717, 1.165) is 13.0 Å². The minimum atomic E-state index is -0.342. The van der Waals surface area contributed by atoms with Gasteiger partial charge in [0.05, 0.1) is 18.9 Å². The number of carbonyl (C=O) groups is 2. The van der Waals surface area contributed by atoms with Crippen LogP contribution in [0.5, 0.6) is 5.75 Å². The van der Waals surface area contributed by atoms with Crippen molar-refractivity contribution in [2.45, 2.75) is 44.6 Å². The van der Waals surface area contributed by atoms with Crippen LogP contribution in [0.3, 0.4) is 0 Å². The third-order valence-corrected chi connectivity index (χ3v) is 6.91. The Morgan fingerprint density at radius 2 is 1.85 bits per heavy atom. The van der Waals surface area contributed by atoms with Crippen LogP contribution in [-0.2, 0) is 24.3 Å². The summed E-state index contributed by atoms with van der Waals surface area (Å²) in [5, 5.41) is 12.3. The molecule has 9 heteroatoms. The van der Waals surface area contributed by atoms with Crippen molar-refractivity contribution in [2.75, 3.05) is 19.4 Å². The van der Waals surface area contributed by atoms with Crippen LogP contribution in [-0.4, -0.2) is 50.9 Å². The molecule has 2 heterocycles. The maximum Gasteiger partial charge on any atom is 0.251 e. The highest BCUT2D eigenvalue weighted by Crippen LogP contribution is 2.23. The lowest BCUT2D eigenvalue weighted by Gasteiger charge is -2.28. The van der Waals surface area contributed by atoms with E-state index in [9.17, 15) is 9.59 Å². The summed E-state index contributed by atoms with van der Waals surface area (Å²) in [6, 6.07) is 14.9. The monoisotopic (exact) mass is 479 g/mol. The largest absolute Gasteiger partial charge is 0.497 e. The lowest BCUT2D eigenvalue weighted by Crippen LogP contribution is -2.37. The van der Waals surface area contributed by atoms with Crippen molar-refractivity contribution in [3.8, 4) is 5.75 Å². The number of rotatable bonds is 8. The highest BCUT2D eigenvalue weighted by molar-refractivity contribution is 7.99. The molecule has 34 heavy (non-hydrogen) atoms. The number of hydrogen-bond donors (Lipinski definition) is 1. The molecule has 0 fully saturated rings. The van der Waals surface area contributed by atoms with Crippen LogP contribution in [0.2, 0.25) is 0 Å². The number of amides is 2. The van der Waals surface area contributed by atoms with Crippen molar-refractivity contribution in [3.63, 3.8) is 0 Å². The first kappa shape index (κ1) is 23.8. The summed E-state index contributed by atoms with van der Waals surface area (Å²) in [5.74, 6) is 1.54. The molecule has 0 saturated carbocycles. The van der Waals surface area contributed by atoms with Gasteiger partial charge in [-0.05, 0) is 55.7 Å². The topological polar surface area (TPSA) is 89.4 Å². The molecule has 2 aromatic carbocycles. The highest BCUT2D eigenvalue weighted by Gasteiger charge is 2.23. The molecule has 0 aliphatic carbocycles. The van der Waals surface area contributed by atoms with Gasteiger partial charge in [-0.25, -0.2) is 0 Å². The normalized spacial score (nSPS) is 13.8. The number of nitrogens with zero attached hydrogens (tertiary/aromatic N) is 4. The van der Waals surface area contributed by atoms with Crippen LogP contribution in [0.4, 0.5) is 0 Å². The van der Waals surface area contributed by atoms with Crippen molar-refractivity contribution in [1.82, 2.24) is 25.0 Å². The van der Waals surface area contributed by atoms with Gasteiger partial charge in [0.2, 0.25) is 5.91 Å². The van der Waals surface area contributed by atoms with E-state index in [0.29, 0.717) is 41.1 Å². The van der Waals surface area contributed by atoms with Gasteiger partial charge in [-0.2, -0.15) is 0 Å². The van der Waals surface area contributed by atoms with Crippen LogP contribution in [0, 0.1) is 0 Å². The molecule has 178 valence electrons. The third-order valence-electron chi connectivity index (χ3n) is 5.96. The quantitative estimate of drug-likeness (QED) is 0.498. The summed E-state index contributed by atoms with van der Waals surface area (Å²) >= 11 is 1.38. The van der Waals surface area contributed by atoms with E-state index in [1.54, 1.807) is 31.4 Å². The number of aromatic nitrogens is 3. The highest BCUT2D eigenvalue weighted by atomic mass is 32.2. The number of nitrogens with one attached hydrogen (secondary N) is 1. The predicted molar refractivity (Wildman–Crippen MR) is 131 cm³/mol. The van der Waals surface area contributed by atoms with Gasteiger partial charge in [0.1, 0.15) is 5.75 Å². The maximum absolute atomic E-state index is 12.9. The second-order valence-electron chi connectivity index (χ2n) is 8.13. The fourth-order valence-electron chi connectivity index (χ4n) is 4.04. The molecule has 8 nitrogen and oxygen atoms in total. The zero-order valence-corrected chi connectivity index (χ0v) is 20.5. The molecule has 0 radical (unpaired) electrons. The molecule has 0 bridgehead atoms. The number of fused-ring (bicyclic) bond motifs is 1. The molecular formula is C25H29N5O3S. The van der Waals surface area contributed by atoms with Gasteiger partial charge < -0.3 is 19.5 Å². The number of carbonyl (C=O) groups excluding carboxylic acids is 2. The van der Waals surface area contributed by atoms with Crippen molar-refractivity contribution in [3.05, 3.63) is 71.0 Å². The zero-order chi connectivity index (χ0) is 24.1. The van der Waals surface area contributed by atoms with E-state index < -0.39 is 0 Å². The Morgan fingerprint density at radius 3 is 2.56 bits per heavy atom. The Balaban J connectivity index is 1.37. The molecule has 1 N–H and O–H groups in total. The van der Waals surface area contributed by atoms with E-state index in [4.69, 9.17) is 4.74 Å². The molecule has 1 aromatic heterocycles. The summed E-state index contributed by atoms with van der Waals surface area (Å²) < 4.78 is 7.09. The fourth-order valence-corrected chi connectivity index (χ4v) is 4.95. The van der Waals surface area contributed by atoms with Crippen LogP contribution < -0.4 is 10.1 Å². The molecule has 0 spiro atoms. The average Bonchev–Trinajstić information content (AvgIpc) is 3.30. The zero-order valence-electron chi connectivity index (χ0n) is 19.7. The molecule has 3 aromatic rings. The van der Waals surface area contributed by atoms with E-state index in [2.05, 4.69) is 27.6 Å². The number of hydrogen-bond acceptors (Lipinski definition) is 6. The number of ether oxygens (including phenoxy) is 1. The predicted octanol–water partition coefficient (Wildman–Crippen LogP) is 3.47. The van der Waals surface area contributed by atoms with E-state index in [-0.39, 0.29) is 17.9 Å². The fraction of sp³-hybridized carbons (Fsp3) is 0.360. The number of thioether (sulfide) groups is 1. The van der Waals surface area contributed by atoms with Crippen LogP contribution >= 0.6 is 11.8 Å². The lowest BCUT2D eigenvalue weighted by atomic mass is 10.00. The molecule has 1 atom stereocenters. The van der Waals surface area contributed by atoms with E-state index >= 15 is 0 Å². The average molecular weight is 480 g/mol. The van der Waals surface area contributed by atoms with Gasteiger partial charge >= 0.3 is 0 Å². The summed E-state index contributed by atoms with van der Waals surface area (Å²) in [4.78, 5) is 27.4. The Morgan fingerprint density at radius 1 is 1.12 bits per heavy atom. The minimum Gasteiger partial charge on any atom is -0.497 e. The van der Waals surface area contributed by atoms with Gasteiger partial charge in [0, 0.05) is 25.2 Å². The van der Waals surface area contributed by atoms with Gasteiger partial charge in [-0.15, -0.1) is 10.2 Å². The summed E-state index contributed by atoms with van der Waals surface area (Å²) in [7, 11) is 1.59. The standard InChI is InChI=1S/C25H29N5O3S/c1-4-30-23(17(2)26-24(32)19-9-11-21(33-3)12-10-19)27-28-25(30)34-16-22(31)29-14-13-18-7-5-6-8-20(18)15-29/h5-12,17H,4,13-16H2,1-3H3,(H,26,32)/t17-/m1/s1. The van der Waals surface area contributed by atoms with Crippen molar-refractivity contribution < 1.29 is 14.3 Å². The Bertz CT molecular complexity index is 1160. The third kappa shape index (κ3) is 5.25. The van der Waals surface area contributed by atoms with Gasteiger partial charge in [-0.1, -0.05) is 36.0 Å². The van der Waals surface area contributed by atoms with Crippen LogP contribution in [0.25, 0.3) is 0 Å². The van der Waals surface area contributed by atoms with Crippen molar-refractivity contribution in [2.24, 2.45) is 0 Å². The van der Waals surface area contributed by atoms with Crippen LogP contribution in [0.1, 0.15) is 47.2 Å². The van der Waals surface area contributed by atoms with Crippen molar-refractivity contribution in [1.29, 1.82) is 0 Å². The lowest BCUT2D eigenvalue weighted by molar-refractivity contribution is -0.129. The van der Waals surface area contributed by atoms with Crippen molar-refractivity contribution >= 4 is 23.6 Å². The van der Waals surface area contributed by atoms with Gasteiger partial charge in [-0.3, -0.25) is 9.59 Å².